The summed E-state index contributed by atoms with van der Waals surface area (Å²) >= 11 is 0. The largest absolute Gasteiger partial charge is 0.391 e. The Balaban J connectivity index is 2.28. The van der Waals surface area contributed by atoms with Gasteiger partial charge in [0.05, 0.1) is 23.6 Å². The Hall–Kier alpha value is -1.60. The van der Waals surface area contributed by atoms with Crippen LogP contribution in [0.5, 0.6) is 0 Å². The number of nitrogens with zero attached hydrogens (tertiary/aromatic N) is 3. The fourth-order valence-corrected chi connectivity index (χ4v) is 1.69. The number of β-amino-alcohol motifs (C(OH)–C–C–N with tert-alkyl or cyclic N) is 1. The Labute approximate surface area is 82.4 Å². The van der Waals surface area contributed by atoms with Gasteiger partial charge in [-0.2, -0.15) is 5.26 Å². The summed E-state index contributed by atoms with van der Waals surface area (Å²) < 4.78 is 0. The third kappa shape index (κ3) is 1.54. The minimum atomic E-state index is -0.276. The quantitative estimate of drug-likeness (QED) is 0.699. The molecule has 4 heteroatoms. The summed E-state index contributed by atoms with van der Waals surface area (Å²) in [6.45, 7) is 1.39. The van der Waals surface area contributed by atoms with Crippen molar-refractivity contribution < 1.29 is 5.11 Å². The minimum absolute atomic E-state index is 0.276. The Kier molecular flexibility index (Phi) is 2.33. The molecule has 1 N–H and O–H groups in total. The highest BCUT2D eigenvalue weighted by Crippen LogP contribution is 2.22. The Morgan fingerprint density at radius 2 is 2.50 bits per heavy atom. The monoisotopic (exact) mass is 189 g/mol. The van der Waals surface area contributed by atoms with E-state index in [1.807, 2.05) is 4.90 Å². The van der Waals surface area contributed by atoms with Crippen molar-refractivity contribution in [2.75, 3.05) is 18.0 Å². The average molecular weight is 189 g/mol. The molecule has 14 heavy (non-hydrogen) atoms. The van der Waals surface area contributed by atoms with Gasteiger partial charge >= 0.3 is 0 Å². The van der Waals surface area contributed by atoms with Crippen molar-refractivity contribution in [2.45, 2.75) is 12.5 Å². The molecule has 1 aromatic heterocycles. The molecule has 2 heterocycles. The van der Waals surface area contributed by atoms with Gasteiger partial charge in [-0.1, -0.05) is 0 Å². The van der Waals surface area contributed by atoms with Crippen LogP contribution in [0.3, 0.4) is 0 Å². The normalized spacial score (nSPS) is 20.9. The fourth-order valence-electron chi connectivity index (χ4n) is 1.69. The van der Waals surface area contributed by atoms with Crippen molar-refractivity contribution >= 4 is 5.69 Å². The van der Waals surface area contributed by atoms with Crippen molar-refractivity contribution in [1.29, 1.82) is 5.26 Å². The van der Waals surface area contributed by atoms with E-state index in [1.165, 1.54) is 0 Å². The van der Waals surface area contributed by atoms with Gasteiger partial charge in [-0.05, 0) is 12.5 Å². The predicted molar refractivity (Wildman–Crippen MR) is 51.8 cm³/mol. The van der Waals surface area contributed by atoms with Gasteiger partial charge in [0.2, 0.25) is 0 Å². The number of nitriles is 1. The summed E-state index contributed by atoms with van der Waals surface area (Å²) in [7, 11) is 0. The highest BCUT2D eigenvalue weighted by Gasteiger charge is 2.22. The van der Waals surface area contributed by atoms with Gasteiger partial charge in [0.25, 0.3) is 0 Å². The number of anilines is 1. The maximum Gasteiger partial charge on any atom is 0.101 e. The van der Waals surface area contributed by atoms with E-state index in [-0.39, 0.29) is 6.10 Å². The molecule has 4 nitrogen and oxygen atoms in total. The lowest BCUT2D eigenvalue weighted by molar-refractivity contribution is 0.198. The molecule has 1 aromatic rings. The molecule has 0 radical (unpaired) electrons. The van der Waals surface area contributed by atoms with Crippen LogP contribution in [0.2, 0.25) is 0 Å². The summed E-state index contributed by atoms with van der Waals surface area (Å²) in [6, 6.07) is 3.82. The van der Waals surface area contributed by atoms with Gasteiger partial charge in [0.15, 0.2) is 0 Å². The van der Waals surface area contributed by atoms with Crippen LogP contribution in [0.1, 0.15) is 12.0 Å². The molecular weight excluding hydrogens is 178 g/mol. The van der Waals surface area contributed by atoms with Crippen molar-refractivity contribution in [3.05, 3.63) is 24.0 Å². The van der Waals surface area contributed by atoms with Gasteiger partial charge in [0.1, 0.15) is 6.07 Å². The van der Waals surface area contributed by atoms with Gasteiger partial charge in [0, 0.05) is 19.3 Å². The van der Waals surface area contributed by atoms with Crippen LogP contribution in [0.15, 0.2) is 18.5 Å². The zero-order valence-corrected chi connectivity index (χ0v) is 7.72. The van der Waals surface area contributed by atoms with Gasteiger partial charge in [-0.25, -0.2) is 0 Å². The molecule has 0 spiro atoms. The Morgan fingerprint density at radius 3 is 3.14 bits per heavy atom. The SMILES string of the molecule is N#Cc1ccncc1N1CCC(O)C1. The summed E-state index contributed by atoms with van der Waals surface area (Å²) in [5, 5.41) is 18.3. The van der Waals surface area contributed by atoms with E-state index in [2.05, 4.69) is 11.1 Å². The van der Waals surface area contributed by atoms with Crippen LogP contribution < -0.4 is 4.90 Å². The molecule has 0 aliphatic carbocycles. The molecular formula is C10H11N3O. The van der Waals surface area contributed by atoms with Gasteiger partial charge in [-0.15, -0.1) is 0 Å². The lowest BCUT2D eigenvalue weighted by Crippen LogP contribution is -2.22. The average Bonchev–Trinajstić information content (AvgIpc) is 2.65. The molecule has 0 amide bonds. The summed E-state index contributed by atoms with van der Waals surface area (Å²) in [6.07, 6.45) is 3.77. The van der Waals surface area contributed by atoms with Gasteiger partial charge in [-0.3, -0.25) is 4.98 Å². The number of aliphatic hydroxyl groups is 1. The smallest absolute Gasteiger partial charge is 0.101 e. The van der Waals surface area contributed by atoms with E-state index < -0.39 is 0 Å². The number of hydrogen-bond acceptors (Lipinski definition) is 4. The second kappa shape index (κ2) is 3.64. The van der Waals surface area contributed by atoms with Crippen molar-refractivity contribution in [2.24, 2.45) is 0 Å². The number of pyridine rings is 1. The molecule has 0 saturated carbocycles. The second-order valence-corrected chi connectivity index (χ2v) is 3.39. The molecule has 1 aliphatic heterocycles. The van der Waals surface area contributed by atoms with E-state index in [9.17, 15) is 5.11 Å². The van der Waals surface area contributed by atoms with Crippen LogP contribution >= 0.6 is 0 Å². The van der Waals surface area contributed by atoms with Crippen LogP contribution in [0, 0.1) is 11.3 Å². The number of aliphatic hydroxyl groups excluding tert-OH is 1. The molecule has 1 unspecified atom stereocenters. The van der Waals surface area contributed by atoms with Crippen LogP contribution in [0.4, 0.5) is 5.69 Å². The highest BCUT2D eigenvalue weighted by atomic mass is 16.3. The van der Waals surface area contributed by atoms with Gasteiger partial charge < -0.3 is 10.0 Å². The fraction of sp³-hybridized carbons (Fsp3) is 0.400. The van der Waals surface area contributed by atoms with E-state index in [0.29, 0.717) is 12.1 Å². The molecule has 1 saturated heterocycles. The first-order chi connectivity index (χ1) is 6.81. The van der Waals surface area contributed by atoms with E-state index >= 15 is 0 Å². The van der Waals surface area contributed by atoms with E-state index in [1.54, 1.807) is 18.5 Å². The third-order valence-electron chi connectivity index (χ3n) is 2.42. The summed E-state index contributed by atoms with van der Waals surface area (Å²) in [5.41, 5.74) is 1.45. The molecule has 0 aromatic carbocycles. The molecule has 0 bridgehead atoms. The first-order valence-electron chi connectivity index (χ1n) is 4.58. The highest BCUT2D eigenvalue weighted by molar-refractivity contribution is 5.58. The maximum atomic E-state index is 9.38. The summed E-state index contributed by atoms with van der Waals surface area (Å²) in [5.74, 6) is 0. The molecule has 72 valence electrons. The van der Waals surface area contributed by atoms with Crippen molar-refractivity contribution in [3.63, 3.8) is 0 Å². The molecule has 2 rings (SSSR count). The second-order valence-electron chi connectivity index (χ2n) is 3.39. The number of rotatable bonds is 1. The zero-order chi connectivity index (χ0) is 9.97. The van der Waals surface area contributed by atoms with E-state index in [4.69, 9.17) is 5.26 Å². The standard InChI is InChI=1S/C10H11N3O/c11-5-8-1-3-12-6-10(8)13-4-2-9(14)7-13/h1,3,6,9,14H,2,4,7H2. The molecule has 1 atom stereocenters. The zero-order valence-electron chi connectivity index (χ0n) is 7.72. The Morgan fingerprint density at radius 1 is 1.64 bits per heavy atom. The first kappa shape index (κ1) is 8.97. The third-order valence-corrected chi connectivity index (χ3v) is 2.42. The topological polar surface area (TPSA) is 60.2 Å². The molecule has 1 fully saturated rings. The number of aromatic nitrogens is 1. The molecule has 1 aliphatic rings. The number of hydrogen-bond donors (Lipinski definition) is 1. The minimum Gasteiger partial charge on any atom is -0.391 e. The lowest BCUT2D eigenvalue weighted by atomic mass is 10.2. The maximum absolute atomic E-state index is 9.38. The van der Waals surface area contributed by atoms with Crippen molar-refractivity contribution in [1.82, 2.24) is 4.98 Å². The lowest BCUT2D eigenvalue weighted by Gasteiger charge is -2.18. The summed E-state index contributed by atoms with van der Waals surface area (Å²) in [4.78, 5) is 5.98. The predicted octanol–water partition coefficient (Wildman–Crippen LogP) is 0.524. The van der Waals surface area contributed by atoms with Crippen LogP contribution in [-0.4, -0.2) is 29.3 Å². The Bertz CT molecular complexity index is 372. The van der Waals surface area contributed by atoms with E-state index in [0.717, 1.165) is 18.7 Å². The van der Waals surface area contributed by atoms with Crippen LogP contribution in [0.25, 0.3) is 0 Å². The van der Waals surface area contributed by atoms with Crippen LogP contribution in [-0.2, 0) is 0 Å². The van der Waals surface area contributed by atoms with Crippen molar-refractivity contribution in [3.8, 4) is 6.07 Å². The first-order valence-corrected chi connectivity index (χ1v) is 4.58.